The largest absolute Gasteiger partial charge is 0.544 e. The van der Waals surface area contributed by atoms with E-state index in [1.165, 1.54) is 0 Å². The number of benzene rings is 1. The standard InChI is InChI=1S/C14H20O3Si/c1-10(15)13-12(17-18(2,3)4)8-7-11-6-5-9-16-14(11)13/h7-8H,5-6,9H2,1-4H3. The monoisotopic (exact) mass is 264 g/mol. The molecule has 1 aromatic rings. The van der Waals surface area contributed by atoms with Gasteiger partial charge in [-0.05, 0) is 51.0 Å². The Morgan fingerprint density at radius 2 is 2.06 bits per heavy atom. The van der Waals surface area contributed by atoms with Crippen LogP contribution in [0.5, 0.6) is 11.5 Å². The average Bonchev–Trinajstić information content (AvgIpc) is 2.26. The number of carbonyl (C=O) groups excluding carboxylic acids is 1. The highest BCUT2D eigenvalue weighted by Gasteiger charge is 2.25. The lowest BCUT2D eigenvalue weighted by molar-refractivity contribution is 0.101. The first-order valence-corrected chi connectivity index (χ1v) is 9.78. The van der Waals surface area contributed by atoms with E-state index < -0.39 is 8.32 Å². The number of fused-ring (bicyclic) bond motifs is 1. The van der Waals surface area contributed by atoms with E-state index in [0.29, 0.717) is 17.9 Å². The molecule has 1 aliphatic rings. The van der Waals surface area contributed by atoms with E-state index in [0.717, 1.165) is 24.2 Å². The van der Waals surface area contributed by atoms with Crippen molar-refractivity contribution in [2.75, 3.05) is 6.61 Å². The van der Waals surface area contributed by atoms with Gasteiger partial charge in [-0.15, -0.1) is 0 Å². The first kappa shape index (κ1) is 13.1. The van der Waals surface area contributed by atoms with Crippen LogP contribution in [0.25, 0.3) is 0 Å². The van der Waals surface area contributed by atoms with Gasteiger partial charge in [0.25, 0.3) is 0 Å². The molecule has 2 rings (SSSR count). The predicted molar refractivity (Wildman–Crippen MR) is 74.2 cm³/mol. The Hall–Kier alpha value is -1.29. The van der Waals surface area contributed by atoms with Crippen LogP contribution >= 0.6 is 0 Å². The molecule has 0 spiro atoms. The van der Waals surface area contributed by atoms with Gasteiger partial charge in [0.15, 0.2) is 5.78 Å². The molecule has 0 amide bonds. The molecule has 0 aliphatic carbocycles. The van der Waals surface area contributed by atoms with Crippen LogP contribution in [0.4, 0.5) is 0 Å². The zero-order valence-electron chi connectivity index (χ0n) is 11.5. The first-order valence-electron chi connectivity index (χ1n) is 6.37. The highest BCUT2D eigenvalue weighted by atomic mass is 28.4. The quantitative estimate of drug-likeness (QED) is 0.620. The van der Waals surface area contributed by atoms with Crippen molar-refractivity contribution in [3.8, 4) is 11.5 Å². The maximum Gasteiger partial charge on any atom is 0.242 e. The van der Waals surface area contributed by atoms with Gasteiger partial charge >= 0.3 is 0 Å². The molecule has 0 unspecified atom stereocenters. The molecule has 1 aliphatic heterocycles. The number of rotatable bonds is 3. The Morgan fingerprint density at radius 3 is 2.67 bits per heavy atom. The molecule has 0 saturated heterocycles. The molecule has 0 N–H and O–H groups in total. The fraction of sp³-hybridized carbons (Fsp3) is 0.500. The summed E-state index contributed by atoms with van der Waals surface area (Å²) in [5.41, 5.74) is 1.74. The van der Waals surface area contributed by atoms with Gasteiger partial charge < -0.3 is 9.16 Å². The number of ether oxygens (including phenoxy) is 1. The van der Waals surface area contributed by atoms with Gasteiger partial charge in [-0.3, -0.25) is 4.79 Å². The molecule has 0 radical (unpaired) electrons. The molecule has 3 nitrogen and oxygen atoms in total. The zero-order valence-corrected chi connectivity index (χ0v) is 12.5. The van der Waals surface area contributed by atoms with Gasteiger partial charge in [0, 0.05) is 0 Å². The molecule has 0 saturated carbocycles. The molecule has 0 atom stereocenters. The van der Waals surface area contributed by atoms with Gasteiger partial charge in [-0.25, -0.2) is 0 Å². The second-order valence-corrected chi connectivity index (χ2v) is 10.1. The SMILES string of the molecule is CC(=O)c1c(O[Si](C)(C)C)ccc2c1OCCC2. The van der Waals surface area contributed by atoms with Gasteiger partial charge in [-0.2, -0.15) is 0 Å². The number of hydrogen-bond donors (Lipinski definition) is 0. The summed E-state index contributed by atoms with van der Waals surface area (Å²) in [6.45, 7) is 8.58. The maximum absolute atomic E-state index is 11.9. The number of hydrogen-bond acceptors (Lipinski definition) is 3. The van der Waals surface area contributed by atoms with E-state index in [1.54, 1.807) is 6.92 Å². The Kier molecular flexibility index (Phi) is 3.48. The summed E-state index contributed by atoms with van der Waals surface area (Å²) >= 11 is 0. The van der Waals surface area contributed by atoms with Crippen molar-refractivity contribution in [1.29, 1.82) is 0 Å². The van der Waals surface area contributed by atoms with Crippen LogP contribution in [-0.4, -0.2) is 20.7 Å². The lowest BCUT2D eigenvalue weighted by Gasteiger charge is -2.25. The summed E-state index contributed by atoms with van der Waals surface area (Å²) in [4.78, 5) is 11.9. The minimum absolute atomic E-state index is 0.0157. The summed E-state index contributed by atoms with van der Waals surface area (Å²) in [7, 11) is -1.73. The average molecular weight is 264 g/mol. The van der Waals surface area contributed by atoms with Crippen LogP contribution in [0.3, 0.4) is 0 Å². The van der Waals surface area contributed by atoms with Crippen molar-refractivity contribution in [3.05, 3.63) is 23.3 Å². The maximum atomic E-state index is 11.9. The lowest BCUT2D eigenvalue weighted by Crippen LogP contribution is -2.30. The van der Waals surface area contributed by atoms with Gasteiger partial charge in [0.05, 0.1) is 6.61 Å². The molecule has 98 valence electrons. The number of ketones is 1. The number of Topliss-reactive ketones (excluding diaryl/α,β-unsaturated/α-hetero) is 1. The molecule has 1 heterocycles. The minimum atomic E-state index is -1.73. The van der Waals surface area contributed by atoms with E-state index >= 15 is 0 Å². The molecule has 18 heavy (non-hydrogen) atoms. The first-order chi connectivity index (χ1) is 8.38. The number of carbonyl (C=O) groups is 1. The topological polar surface area (TPSA) is 35.5 Å². The summed E-state index contributed by atoms with van der Waals surface area (Å²) < 4.78 is 11.7. The van der Waals surface area contributed by atoms with Crippen LogP contribution in [0.15, 0.2) is 12.1 Å². The summed E-state index contributed by atoms with van der Waals surface area (Å²) in [6, 6.07) is 3.94. The fourth-order valence-corrected chi connectivity index (χ4v) is 2.98. The van der Waals surface area contributed by atoms with E-state index in [9.17, 15) is 4.79 Å². The normalized spacial score (nSPS) is 14.7. The third-order valence-corrected chi connectivity index (χ3v) is 3.64. The van der Waals surface area contributed by atoms with Gasteiger partial charge in [0.1, 0.15) is 17.1 Å². The molecule has 1 aromatic carbocycles. The van der Waals surface area contributed by atoms with Crippen molar-refractivity contribution in [3.63, 3.8) is 0 Å². The third kappa shape index (κ3) is 2.75. The van der Waals surface area contributed by atoms with Crippen molar-refractivity contribution >= 4 is 14.1 Å². The molecule has 0 fully saturated rings. The smallest absolute Gasteiger partial charge is 0.242 e. The van der Waals surface area contributed by atoms with Crippen molar-refractivity contribution in [2.24, 2.45) is 0 Å². The van der Waals surface area contributed by atoms with Crippen LogP contribution < -0.4 is 9.16 Å². The third-order valence-electron chi connectivity index (χ3n) is 2.81. The summed E-state index contributed by atoms with van der Waals surface area (Å²) in [6.07, 6.45) is 1.99. The van der Waals surface area contributed by atoms with Gasteiger partial charge in [-0.1, -0.05) is 6.07 Å². The van der Waals surface area contributed by atoms with Gasteiger partial charge in [0.2, 0.25) is 8.32 Å². The van der Waals surface area contributed by atoms with Crippen LogP contribution in [0, 0.1) is 0 Å². The number of aryl methyl sites for hydroxylation is 1. The Morgan fingerprint density at radius 1 is 1.33 bits per heavy atom. The summed E-state index contributed by atoms with van der Waals surface area (Å²) in [5.74, 6) is 1.44. The highest BCUT2D eigenvalue weighted by molar-refractivity contribution is 6.70. The molecular formula is C14H20O3Si. The van der Waals surface area contributed by atoms with Crippen LogP contribution in [0.2, 0.25) is 19.6 Å². The highest BCUT2D eigenvalue weighted by Crippen LogP contribution is 2.36. The molecule has 4 heteroatoms. The van der Waals surface area contributed by atoms with Crippen molar-refractivity contribution < 1.29 is 14.0 Å². The Balaban J connectivity index is 2.50. The van der Waals surface area contributed by atoms with Crippen molar-refractivity contribution in [2.45, 2.75) is 39.4 Å². The molecule has 0 bridgehead atoms. The zero-order chi connectivity index (χ0) is 13.3. The van der Waals surface area contributed by atoms with E-state index in [2.05, 4.69) is 19.6 Å². The van der Waals surface area contributed by atoms with E-state index in [-0.39, 0.29) is 5.78 Å². The Labute approximate surface area is 109 Å². The van der Waals surface area contributed by atoms with E-state index in [4.69, 9.17) is 9.16 Å². The second-order valence-electron chi connectivity index (χ2n) is 5.65. The minimum Gasteiger partial charge on any atom is -0.544 e. The van der Waals surface area contributed by atoms with Crippen LogP contribution in [-0.2, 0) is 6.42 Å². The fourth-order valence-electron chi connectivity index (χ4n) is 2.15. The summed E-state index contributed by atoms with van der Waals surface area (Å²) in [5, 5.41) is 0. The van der Waals surface area contributed by atoms with E-state index in [1.807, 2.05) is 12.1 Å². The Bertz CT molecular complexity index is 475. The predicted octanol–water partition coefficient (Wildman–Crippen LogP) is 3.43. The lowest BCUT2D eigenvalue weighted by atomic mass is 9.99. The molecule has 0 aromatic heterocycles. The molecular weight excluding hydrogens is 244 g/mol. The van der Waals surface area contributed by atoms with Crippen molar-refractivity contribution in [1.82, 2.24) is 0 Å². The second kappa shape index (κ2) is 4.76. The van der Waals surface area contributed by atoms with Crippen LogP contribution in [0.1, 0.15) is 29.3 Å².